The van der Waals surface area contributed by atoms with Gasteiger partial charge in [0.1, 0.15) is 0 Å². The lowest BCUT2D eigenvalue weighted by atomic mass is 10.2. The number of carbonyl (C=O) groups excluding carboxylic acids is 1. The molecule has 1 amide bonds. The Kier molecular flexibility index (Phi) is 4.68. The van der Waals surface area contributed by atoms with Crippen LogP contribution in [0.3, 0.4) is 0 Å². The van der Waals surface area contributed by atoms with Crippen LogP contribution < -0.4 is 10.6 Å². The highest BCUT2D eigenvalue weighted by molar-refractivity contribution is 9.10. The monoisotopic (exact) mass is 354 g/mol. The molecule has 0 saturated heterocycles. The Morgan fingerprint density at radius 1 is 1.37 bits per heavy atom. The molecular formula is C13H11BrN2OS2. The molecule has 0 bridgehead atoms. The van der Waals surface area contributed by atoms with Crippen LogP contribution in [0.1, 0.15) is 15.2 Å². The number of hydrogen-bond donors (Lipinski definition) is 2. The minimum Gasteiger partial charge on any atom is -0.331 e. The van der Waals surface area contributed by atoms with Crippen LogP contribution in [0.5, 0.6) is 0 Å². The molecule has 0 unspecified atom stereocenters. The van der Waals surface area contributed by atoms with E-state index in [4.69, 9.17) is 12.2 Å². The quantitative estimate of drug-likeness (QED) is 0.802. The van der Waals surface area contributed by atoms with E-state index in [0.29, 0.717) is 4.88 Å². The molecule has 1 heterocycles. The highest BCUT2D eigenvalue weighted by Crippen LogP contribution is 2.23. The van der Waals surface area contributed by atoms with Crippen LogP contribution in [0.4, 0.5) is 5.69 Å². The predicted octanol–water partition coefficient (Wildman–Crippen LogP) is 3.95. The summed E-state index contributed by atoms with van der Waals surface area (Å²) < 4.78 is 0.903. The molecule has 1 aromatic heterocycles. The van der Waals surface area contributed by atoms with Crippen LogP contribution in [0, 0.1) is 6.92 Å². The maximum Gasteiger partial charge on any atom is 0.267 e. The number of halogens is 1. The first-order valence-electron chi connectivity index (χ1n) is 5.48. The summed E-state index contributed by atoms with van der Waals surface area (Å²) in [5.41, 5.74) is 1.97. The molecule has 1 aromatic carbocycles. The largest absolute Gasteiger partial charge is 0.331 e. The number of aryl methyl sites for hydroxylation is 1. The second-order valence-electron chi connectivity index (χ2n) is 3.87. The van der Waals surface area contributed by atoms with E-state index in [1.54, 1.807) is 6.07 Å². The molecule has 3 nitrogen and oxygen atoms in total. The zero-order valence-corrected chi connectivity index (χ0v) is 13.3. The first-order valence-corrected chi connectivity index (χ1v) is 7.56. The predicted molar refractivity (Wildman–Crippen MR) is 86.9 cm³/mol. The summed E-state index contributed by atoms with van der Waals surface area (Å²) in [6.45, 7) is 2.01. The molecule has 0 radical (unpaired) electrons. The van der Waals surface area contributed by atoms with E-state index in [-0.39, 0.29) is 11.0 Å². The third-order valence-corrected chi connectivity index (χ3v) is 4.07. The van der Waals surface area contributed by atoms with E-state index in [1.807, 2.05) is 36.6 Å². The van der Waals surface area contributed by atoms with Crippen molar-refractivity contribution in [3.05, 3.63) is 50.6 Å². The van der Waals surface area contributed by atoms with Crippen LogP contribution >= 0.6 is 39.5 Å². The van der Waals surface area contributed by atoms with Gasteiger partial charge in [-0.15, -0.1) is 11.3 Å². The van der Waals surface area contributed by atoms with E-state index >= 15 is 0 Å². The van der Waals surface area contributed by atoms with Gasteiger partial charge in [-0.25, -0.2) is 0 Å². The fraction of sp³-hybridized carbons (Fsp3) is 0.0769. The summed E-state index contributed by atoms with van der Waals surface area (Å²) in [5.74, 6) is -0.198. The summed E-state index contributed by atoms with van der Waals surface area (Å²) in [6.07, 6.45) is 0. The maximum absolute atomic E-state index is 11.8. The molecule has 0 aliphatic heterocycles. The zero-order valence-electron chi connectivity index (χ0n) is 10.1. The van der Waals surface area contributed by atoms with E-state index < -0.39 is 0 Å². The summed E-state index contributed by atoms with van der Waals surface area (Å²) in [5, 5.41) is 7.76. The van der Waals surface area contributed by atoms with Gasteiger partial charge >= 0.3 is 0 Å². The number of anilines is 1. The van der Waals surface area contributed by atoms with Gasteiger partial charge in [-0.2, -0.15) is 0 Å². The van der Waals surface area contributed by atoms with Crippen LogP contribution in [-0.4, -0.2) is 11.0 Å². The topological polar surface area (TPSA) is 41.1 Å². The fourth-order valence-corrected chi connectivity index (χ4v) is 2.86. The van der Waals surface area contributed by atoms with Gasteiger partial charge in [0.05, 0.1) is 10.6 Å². The molecule has 98 valence electrons. The number of benzene rings is 1. The van der Waals surface area contributed by atoms with Gasteiger partial charge < -0.3 is 5.32 Å². The van der Waals surface area contributed by atoms with Crippen LogP contribution in [0.15, 0.2) is 40.2 Å². The number of amides is 1. The van der Waals surface area contributed by atoms with Crippen molar-refractivity contribution in [1.82, 2.24) is 5.32 Å². The van der Waals surface area contributed by atoms with E-state index in [1.165, 1.54) is 11.3 Å². The molecule has 0 fully saturated rings. The minimum atomic E-state index is -0.198. The number of hydrogen-bond acceptors (Lipinski definition) is 3. The molecular weight excluding hydrogens is 344 g/mol. The number of thiophene rings is 1. The lowest BCUT2D eigenvalue weighted by molar-refractivity contribution is 0.0981. The van der Waals surface area contributed by atoms with Crippen molar-refractivity contribution in [2.75, 3.05) is 5.32 Å². The second-order valence-corrected chi connectivity index (χ2v) is 6.08. The SMILES string of the molecule is Cc1ccc(NC(=S)NC(=O)c2cccs2)c(Br)c1. The van der Waals surface area contributed by atoms with Crippen molar-refractivity contribution in [2.45, 2.75) is 6.92 Å². The summed E-state index contributed by atoms with van der Waals surface area (Å²) >= 11 is 9.94. The van der Waals surface area contributed by atoms with Crippen molar-refractivity contribution >= 4 is 56.2 Å². The third kappa shape index (κ3) is 3.86. The number of rotatable bonds is 2. The van der Waals surface area contributed by atoms with Gasteiger partial charge in [-0.05, 0) is 64.2 Å². The smallest absolute Gasteiger partial charge is 0.267 e. The van der Waals surface area contributed by atoms with E-state index in [0.717, 1.165) is 15.7 Å². The van der Waals surface area contributed by atoms with Crippen molar-refractivity contribution in [2.24, 2.45) is 0 Å². The summed E-state index contributed by atoms with van der Waals surface area (Å²) in [4.78, 5) is 12.4. The average Bonchev–Trinajstić information content (AvgIpc) is 2.86. The van der Waals surface area contributed by atoms with Crippen LogP contribution in [-0.2, 0) is 0 Å². The van der Waals surface area contributed by atoms with Gasteiger partial charge in [-0.1, -0.05) is 12.1 Å². The Morgan fingerprint density at radius 3 is 2.79 bits per heavy atom. The molecule has 0 saturated carbocycles. The Balaban J connectivity index is 2.00. The second kappa shape index (κ2) is 6.27. The van der Waals surface area contributed by atoms with Gasteiger partial charge in [-0.3, -0.25) is 10.1 Å². The third-order valence-electron chi connectivity index (χ3n) is 2.34. The van der Waals surface area contributed by atoms with Crippen molar-refractivity contribution < 1.29 is 4.79 Å². The molecule has 2 N–H and O–H groups in total. The van der Waals surface area contributed by atoms with Gasteiger partial charge in [0, 0.05) is 4.47 Å². The zero-order chi connectivity index (χ0) is 13.8. The van der Waals surface area contributed by atoms with Gasteiger partial charge in [0.2, 0.25) is 0 Å². The number of carbonyl (C=O) groups is 1. The first kappa shape index (κ1) is 14.2. The van der Waals surface area contributed by atoms with Crippen molar-refractivity contribution in [3.8, 4) is 0 Å². The van der Waals surface area contributed by atoms with Crippen LogP contribution in [0.2, 0.25) is 0 Å². The number of nitrogens with one attached hydrogen (secondary N) is 2. The molecule has 6 heteroatoms. The Bertz CT molecular complexity index is 611. The average molecular weight is 355 g/mol. The fourth-order valence-electron chi connectivity index (χ4n) is 1.45. The normalized spacial score (nSPS) is 10.0. The Morgan fingerprint density at radius 2 is 2.16 bits per heavy atom. The lowest BCUT2D eigenvalue weighted by Crippen LogP contribution is -2.33. The molecule has 0 spiro atoms. The number of thiocarbonyl (C=S) groups is 1. The first-order chi connectivity index (χ1) is 9.06. The molecule has 0 atom stereocenters. The standard InChI is InChI=1S/C13H11BrN2OS2/c1-8-4-5-10(9(14)7-8)15-13(18)16-12(17)11-3-2-6-19-11/h2-7H,1H3,(H2,15,16,17,18). The molecule has 2 rings (SSSR count). The van der Waals surface area contributed by atoms with Crippen molar-refractivity contribution in [3.63, 3.8) is 0 Å². The highest BCUT2D eigenvalue weighted by Gasteiger charge is 2.09. The van der Waals surface area contributed by atoms with E-state index in [9.17, 15) is 4.79 Å². The van der Waals surface area contributed by atoms with Crippen molar-refractivity contribution in [1.29, 1.82) is 0 Å². The van der Waals surface area contributed by atoms with Gasteiger partial charge in [0.15, 0.2) is 5.11 Å². The lowest BCUT2D eigenvalue weighted by Gasteiger charge is -2.10. The highest BCUT2D eigenvalue weighted by atomic mass is 79.9. The molecule has 0 aliphatic carbocycles. The molecule has 19 heavy (non-hydrogen) atoms. The Hall–Kier alpha value is -1.24. The minimum absolute atomic E-state index is 0.198. The van der Waals surface area contributed by atoms with Gasteiger partial charge in [0.25, 0.3) is 5.91 Å². The molecule has 0 aliphatic rings. The van der Waals surface area contributed by atoms with E-state index in [2.05, 4.69) is 26.6 Å². The molecule has 2 aromatic rings. The van der Waals surface area contributed by atoms with Crippen LogP contribution in [0.25, 0.3) is 0 Å². The summed E-state index contributed by atoms with van der Waals surface area (Å²) in [7, 11) is 0. The summed E-state index contributed by atoms with van der Waals surface area (Å²) in [6, 6.07) is 9.43. The Labute approximate surface area is 129 Å². The maximum atomic E-state index is 11.8.